The van der Waals surface area contributed by atoms with E-state index in [0.717, 1.165) is 0 Å². The zero-order chi connectivity index (χ0) is 13.1. The van der Waals surface area contributed by atoms with Crippen LogP contribution in [0.3, 0.4) is 0 Å². The molecule has 0 saturated heterocycles. The number of non-ortho nitro benzene ring substituents is 1. The summed E-state index contributed by atoms with van der Waals surface area (Å²) in [5.41, 5.74) is 1.24. The van der Waals surface area contributed by atoms with Crippen molar-refractivity contribution in [1.29, 1.82) is 5.26 Å². The van der Waals surface area contributed by atoms with Gasteiger partial charge in [0.05, 0.1) is 10.5 Å². The predicted molar refractivity (Wildman–Crippen MR) is 63.2 cm³/mol. The van der Waals surface area contributed by atoms with Crippen LogP contribution in [0.1, 0.15) is 5.56 Å². The molecule has 0 atom stereocenters. The van der Waals surface area contributed by atoms with E-state index in [-0.39, 0.29) is 17.1 Å². The Kier molecular flexibility index (Phi) is 3.02. The second-order valence-electron chi connectivity index (χ2n) is 3.61. The number of nitrogens with zero attached hydrogens (tertiary/aromatic N) is 2. The molecule has 0 aliphatic carbocycles. The Morgan fingerprint density at radius 2 is 1.83 bits per heavy atom. The number of nitriles is 1. The molecular formula is C13H7FN2O2. The summed E-state index contributed by atoms with van der Waals surface area (Å²) in [5, 5.41) is 19.6. The van der Waals surface area contributed by atoms with Crippen LogP contribution in [0, 0.1) is 27.3 Å². The Labute approximate surface area is 102 Å². The van der Waals surface area contributed by atoms with Gasteiger partial charge < -0.3 is 0 Å². The van der Waals surface area contributed by atoms with Gasteiger partial charge in [-0.25, -0.2) is 4.39 Å². The Bertz CT molecular complexity index is 645. The highest BCUT2D eigenvalue weighted by Crippen LogP contribution is 2.26. The highest BCUT2D eigenvalue weighted by Gasteiger charge is 2.11. The summed E-state index contributed by atoms with van der Waals surface area (Å²) in [6.45, 7) is 0. The van der Waals surface area contributed by atoms with Crippen molar-refractivity contribution in [3.05, 3.63) is 64.0 Å². The van der Waals surface area contributed by atoms with E-state index in [9.17, 15) is 14.5 Å². The van der Waals surface area contributed by atoms with Crippen molar-refractivity contribution in [2.75, 3.05) is 0 Å². The lowest BCUT2D eigenvalue weighted by Crippen LogP contribution is -1.91. The minimum Gasteiger partial charge on any atom is -0.258 e. The first-order valence-electron chi connectivity index (χ1n) is 5.06. The maximum atomic E-state index is 12.8. The van der Waals surface area contributed by atoms with Gasteiger partial charge in [0, 0.05) is 12.1 Å². The van der Waals surface area contributed by atoms with Gasteiger partial charge >= 0.3 is 0 Å². The van der Waals surface area contributed by atoms with Gasteiger partial charge in [0.1, 0.15) is 11.9 Å². The fraction of sp³-hybridized carbons (Fsp3) is 0. The first-order chi connectivity index (χ1) is 8.61. The lowest BCUT2D eigenvalue weighted by molar-refractivity contribution is -0.384. The highest BCUT2D eigenvalue weighted by molar-refractivity contribution is 5.72. The van der Waals surface area contributed by atoms with Crippen LogP contribution in [0.5, 0.6) is 0 Å². The molecule has 0 bridgehead atoms. The van der Waals surface area contributed by atoms with E-state index >= 15 is 0 Å². The zero-order valence-corrected chi connectivity index (χ0v) is 9.13. The molecule has 0 saturated carbocycles. The van der Waals surface area contributed by atoms with Gasteiger partial charge in [0.15, 0.2) is 0 Å². The van der Waals surface area contributed by atoms with Crippen LogP contribution in [0.2, 0.25) is 0 Å². The molecule has 4 nitrogen and oxygen atoms in total. The lowest BCUT2D eigenvalue weighted by atomic mass is 10.00. The van der Waals surface area contributed by atoms with Gasteiger partial charge in [-0.1, -0.05) is 12.1 Å². The van der Waals surface area contributed by atoms with Crippen LogP contribution < -0.4 is 0 Å². The molecule has 0 radical (unpaired) electrons. The van der Waals surface area contributed by atoms with Gasteiger partial charge in [-0.05, 0) is 29.3 Å². The van der Waals surface area contributed by atoms with Gasteiger partial charge in [0.2, 0.25) is 0 Å². The van der Waals surface area contributed by atoms with Crippen LogP contribution >= 0.6 is 0 Å². The van der Waals surface area contributed by atoms with E-state index in [1.807, 2.05) is 6.07 Å². The van der Waals surface area contributed by atoms with Crippen molar-refractivity contribution in [3.63, 3.8) is 0 Å². The van der Waals surface area contributed by atoms with Gasteiger partial charge in [-0.2, -0.15) is 5.26 Å². The number of benzene rings is 2. The first kappa shape index (κ1) is 11.7. The topological polar surface area (TPSA) is 66.9 Å². The number of rotatable bonds is 2. The second-order valence-corrected chi connectivity index (χ2v) is 3.61. The normalized spacial score (nSPS) is 9.78. The molecule has 2 rings (SSSR count). The van der Waals surface area contributed by atoms with Crippen molar-refractivity contribution in [2.45, 2.75) is 0 Å². The van der Waals surface area contributed by atoms with Crippen molar-refractivity contribution >= 4 is 5.69 Å². The number of hydrogen-bond acceptors (Lipinski definition) is 3. The summed E-state index contributed by atoms with van der Waals surface area (Å²) in [5.74, 6) is -0.376. The van der Waals surface area contributed by atoms with E-state index in [4.69, 9.17) is 5.26 Å². The molecule has 0 amide bonds. The number of hydrogen-bond donors (Lipinski definition) is 0. The van der Waals surface area contributed by atoms with Crippen molar-refractivity contribution < 1.29 is 9.31 Å². The molecule has 0 heterocycles. The molecule has 0 N–H and O–H groups in total. The van der Waals surface area contributed by atoms with Crippen molar-refractivity contribution in [2.24, 2.45) is 0 Å². The number of nitro benzene ring substituents is 1. The standard InChI is InChI=1S/C13H7FN2O2/c14-11-3-1-9(2-4-11)13-6-5-12(16(17)18)7-10(13)8-15/h1-7H. The third-order valence-electron chi connectivity index (χ3n) is 2.49. The van der Waals surface area contributed by atoms with E-state index in [1.165, 1.54) is 42.5 Å². The molecule has 0 aromatic heterocycles. The van der Waals surface area contributed by atoms with Crippen LogP contribution in [0.4, 0.5) is 10.1 Å². The van der Waals surface area contributed by atoms with Crippen LogP contribution in [0.15, 0.2) is 42.5 Å². The molecule has 18 heavy (non-hydrogen) atoms. The van der Waals surface area contributed by atoms with Gasteiger partial charge in [0.25, 0.3) is 5.69 Å². The molecule has 5 heteroatoms. The Hall–Kier alpha value is -2.74. The quantitative estimate of drug-likeness (QED) is 0.599. The summed E-state index contributed by atoms with van der Waals surface area (Å²) in [7, 11) is 0. The fourth-order valence-electron chi connectivity index (χ4n) is 1.62. The average molecular weight is 242 g/mol. The zero-order valence-electron chi connectivity index (χ0n) is 9.13. The molecule has 0 fully saturated rings. The van der Waals surface area contributed by atoms with Crippen molar-refractivity contribution in [3.8, 4) is 17.2 Å². The largest absolute Gasteiger partial charge is 0.270 e. The summed E-state index contributed by atoms with van der Waals surface area (Å²) in [4.78, 5) is 10.0. The van der Waals surface area contributed by atoms with Gasteiger partial charge in [-0.3, -0.25) is 10.1 Å². The Morgan fingerprint density at radius 1 is 1.17 bits per heavy atom. The van der Waals surface area contributed by atoms with E-state index in [1.54, 1.807) is 0 Å². The SMILES string of the molecule is N#Cc1cc([N+](=O)[O-])ccc1-c1ccc(F)cc1. The Morgan fingerprint density at radius 3 is 2.39 bits per heavy atom. The molecule has 0 unspecified atom stereocenters. The molecule has 0 aliphatic rings. The predicted octanol–water partition coefficient (Wildman–Crippen LogP) is 3.27. The number of nitro groups is 1. The fourth-order valence-corrected chi connectivity index (χ4v) is 1.62. The van der Waals surface area contributed by atoms with E-state index < -0.39 is 4.92 Å². The first-order valence-corrected chi connectivity index (χ1v) is 5.06. The molecule has 2 aromatic carbocycles. The molecule has 0 aliphatic heterocycles. The Balaban J connectivity index is 2.55. The molecule has 0 spiro atoms. The van der Waals surface area contributed by atoms with Crippen LogP contribution in [-0.2, 0) is 0 Å². The molecule has 88 valence electrons. The van der Waals surface area contributed by atoms with Crippen LogP contribution in [0.25, 0.3) is 11.1 Å². The number of halogens is 1. The lowest BCUT2D eigenvalue weighted by Gasteiger charge is -2.04. The van der Waals surface area contributed by atoms with Crippen molar-refractivity contribution in [1.82, 2.24) is 0 Å². The summed E-state index contributed by atoms with van der Waals surface area (Å²) in [6.07, 6.45) is 0. The second kappa shape index (κ2) is 4.63. The maximum Gasteiger partial charge on any atom is 0.270 e. The average Bonchev–Trinajstić information content (AvgIpc) is 2.39. The van der Waals surface area contributed by atoms with E-state index in [2.05, 4.69) is 0 Å². The third-order valence-corrected chi connectivity index (χ3v) is 2.49. The molecular weight excluding hydrogens is 235 g/mol. The monoisotopic (exact) mass is 242 g/mol. The minimum absolute atomic E-state index is 0.141. The smallest absolute Gasteiger partial charge is 0.258 e. The van der Waals surface area contributed by atoms with Gasteiger partial charge in [-0.15, -0.1) is 0 Å². The van der Waals surface area contributed by atoms with Crippen LogP contribution in [-0.4, -0.2) is 4.92 Å². The third kappa shape index (κ3) is 2.18. The van der Waals surface area contributed by atoms with E-state index in [0.29, 0.717) is 11.1 Å². The maximum absolute atomic E-state index is 12.8. The summed E-state index contributed by atoms with van der Waals surface area (Å²) >= 11 is 0. The molecule has 2 aromatic rings. The summed E-state index contributed by atoms with van der Waals surface area (Å²) in [6, 6.07) is 11.5. The minimum atomic E-state index is -0.560. The summed E-state index contributed by atoms with van der Waals surface area (Å²) < 4.78 is 12.8. The highest BCUT2D eigenvalue weighted by atomic mass is 19.1.